The molecule has 58 valence electrons. The van der Waals surface area contributed by atoms with E-state index in [2.05, 4.69) is 4.74 Å². The first-order valence-corrected chi connectivity index (χ1v) is 3.00. The van der Waals surface area contributed by atoms with Gasteiger partial charge in [-0.2, -0.15) is 0 Å². The fourth-order valence-electron chi connectivity index (χ4n) is 0.755. The monoisotopic (exact) mass is 153 g/mol. The number of nitrogens with zero attached hydrogens (tertiary/aromatic N) is 1. The topological polar surface area (TPSA) is 48.3 Å². The van der Waals surface area contributed by atoms with E-state index in [4.69, 9.17) is 0 Å². The Hall–Kier alpha value is -1.58. The van der Waals surface area contributed by atoms with E-state index in [1.54, 1.807) is 6.07 Å². The standard InChI is InChI=1S/C7H7NO3/c1-11-7(10)8-4-2-3-6(8)5-9/h2-5H,1H3. The minimum absolute atomic E-state index is 0.289. The van der Waals surface area contributed by atoms with Gasteiger partial charge in [-0.25, -0.2) is 9.36 Å². The average molecular weight is 153 g/mol. The summed E-state index contributed by atoms with van der Waals surface area (Å²) in [6.45, 7) is 0. The fraction of sp³-hybridized carbons (Fsp3) is 0.143. The lowest BCUT2D eigenvalue weighted by atomic mass is 10.5. The average Bonchev–Trinajstić information content (AvgIpc) is 2.50. The normalized spacial score (nSPS) is 9.18. The van der Waals surface area contributed by atoms with Crippen LogP contribution in [-0.4, -0.2) is 24.1 Å². The minimum atomic E-state index is -0.558. The van der Waals surface area contributed by atoms with Crippen LogP contribution in [0.3, 0.4) is 0 Å². The highest BCUT2D eigenvalue weighted by Crippen LogP contribution is 1.98. The van der Waals surface area contributed by atoms with Crippen LogP contribution in [0.25, 0.3) is 0 Å². The van der Waals surface area contributed by atoms with E-state index in [1.807, 2.05) is 0 Å². The predicted octanol–water partition coefficient (Wildman–Crippen LogP) is 0.915. The van der Waals surface area contributed by atoms with E-state index in [0.717, 1.165) is 4.57 Å². The molecule has 0 bridgehead atoms. The smallest absolute Gasteiger partial charge is 0.418 e. The third-order valence-electron chi connectivity index (χ3n) is 1.27. The first kappa shape index (κ1) is 7.53. The number of hydrogen-bond donors (Lipinski definition) is 0. The van der Waals surface area contributed by atoms with Crippen LogP contribution in [-0.2, 0) is 4.74 Å². The van der Waals surface area contributed by atoms with E-state index >= 15 is 0 Å². The molecule has 0 fully saturated rings. The summed E-state index contributed by atoms with van der Waals surface area (Å²) in [7, 11) is 1.26. The molecule has 0 aromatic carbocycles. The summed E-state index contributed by atoms with van der Waals surface area (Å²) in [5, 5.41) is 0. The number of aldehydes is 1. The molecule has 0 unspecified atom stereocenters. The Morgan fingerprint density at radius 3 is 3.00 bits per heavy atom. The van der Waals surface area contributed by atoms with Crippen molar-refractivity contribution in [3.05, 3.63) is 24.0 Å². The van der Waals surface area contributed by atoms with Crippen LogP contribution in [0.1, 0.15) is 10.5 Å². The second kappa shape index (κ2) is 3.01. The van der Waals surface area contributed by atoms with Crippen LogP contribution < -0.4 is 0 Å². The van der Waals surface area contributed by atoms with Gasteiger partial charge < -0.3 is 4.74 Å². The zero-order valence-corrected chi connectivity index (χ0v) is 5.98. The van der Waals surface area contributed by atoms with Gasteiger partial charge in [0, 0.05) is 6.20 Å². The number of rotatable bonds is 1. The molecular weight excluding hydrogens is 146 g/mol. The zero-order valence-electron chi connectivity index (χ0n) is 5.98. The lowest BCUT2D eigenvalue weighted by Crippen LogP contribution is -2.12. The molecule has 4 nitrogen and oxygen atoms in total. The molecule has 1 aromatic rings. The van der Waals surface area contributed by atoms with Gasteiger partial charge in [0.25, 0.3) is 0 Å². The Kier molecular flexibility index (Phi) is 2.06. The second-order valence-corrected chi connectivity index (χ2v) is 1.89. The first-order valence-electron chi connectivity index (χ1n) is 3.00. The highest BCUT2D eigenvalue weighted by atomic mass is 16.5. The van der Waals surface area contributed by atoms with E-state index in [-0.39, 0.29) is 5.69 Å². The maximum atomic E-state index is 10.8. The number of carbonyl (C=O) groups excluding carboxylic acids is 2. The fourth-order valence-corrected chi connectivity index (χ4v) is 0.755. The van der Waals surface area contributed by atoms with Crippen LogP contribution in [0.5, 0.6) is 0 Å². The molecule has 1 rings (SSSR count). The molecule has 4 heteroatoms. The van der Waals surface area contributed by atoms with E-state index in [1.165, 1.54) is 19.4 Å². The van der Waals surface area contributed by atoms with E-state index in [9.17, 15) is 9.59 Å². The van der Waals surface area contributed by atoms with Crippen molar-refractivity contribution < 1.29 is 14.3 Å². The number of aromatic nitrogens is 1. The summed E-state index contributed by atoms with van der Waals surface area (Å²) in [6.07, 6.45) is 1.50. The number of methoxy groups -OCH3 is 1. The second-order valence-electron chi connectivity index (χ2n) is 1.89. The third kappa shape index (κ3) is 1.29. The van der Waals surface area contributed by atoms with Gasteiger partial charge in [0.05, 0.1) is 12.8 Å². The van der Waals surface area contributed by atoms with Crippen LogP contribution in [0, 0.1) is 0 Å². The lowest BCUT2D eigenvalue weighted by Gasteiger charge is -1.99. The molecule has 0 spiro atoms. The van der Waals surface area contributed by atoms with E-state index in [0.29, 0.717) is 6.29 Å². The summed E-state index contributed by atoms with van der Waals surface area (Å²) < 4.78 is 5.53. The van der Waals surface area contributed by atoms with Crippen molar-refractivity contribution in [1.29, 1.82) is 0 Å². The van der Waals surface area contributed by atoms with Gasteiger partial charge >= 0.3 is 6.09 Å². The zero-order chi connectivity index (χ0) is 8.27. The van der Waals surface area contributed by atoms with E-state index < -0.39 is 6.09 Å². The van der Waals surface area contributed by atoms with Crippen LogP contribution in [0.4, 0.5) is 4.79 Å². The van der Waals surface area contributed by atoms with Crippen molar-refractivity contribution in [1.82, 2.24) is 4.57 Å². The van der Waals surface area contributed by atoms with Crippen molar-refractivity contribution in [2.75, 3.05) is 7.11 Å². The molecule has 0 N–H and O–H groups in total. The SMILES string of the molecule is COC(=O)n1cccc1C=O. The Morgan fingerprint density at radius 1 is 1.73 bits per heavy atom. The minimum Gasteiger partial charge on any atom is -0.452 e. The molecule has 0 aliphatic heterocycles. The Labute approximate surface area is 63.4 Å². The molecule has 0 aliphatic carbocycles. The number of ether oxygens (including phenoxy) is 1. The van der Waals surface area contributed by atoms with Gasteiger partial charge in [0.1, 0.15) is 0 Å². The van der Waals surface area contributed by atoms with Gasteiger partial charge in [-0.15, -0.1) is 0 Å². The van der Waals surface area contributed by atoms with Gasteiger partial charge in [0.15, 0.2) is 6.29 Å². The van der Waals surface area contributed by atoms with Crippen molar-refractivity contribution in [2.45, 2.75) is 0 Å². The molecule has 0 aliphatic rings. The number of hydrogen-bond acceptors (Lipinski definition) is 3. The number of carbonyl (C=O) groups is 2. The molecule has 1 heterocycles. The molecule has 0 saturated carbocycles. The predicted molar refractivity (Wildman–Crippen MR) is 37.6 cm³/mol. The van der Waals surface area contributed by atoms with Gasteiger partial charge in [0.2, 0.25) is 0 Å². The quantitative estimate of drug-likeness (QED) is 0.563. The first-order chi connectivity index (χ1) is 5.29. The summed E-state index contributed by atoms with van der Waals surface area (Å²) in [5.74, 6) is 0. The summed E-state index contributed by atoms with van der Waals surface area (Å²) in [6, 6.07) is 3.13. The van der Waals surface area contributed by atoms with Crippen LogP contribution in [0.2, 0.25) is 0 Å². The summed E-state index contributed by atoms with van der Waals surface area (Å²) >= 11 is 0. The van der Waals surface area contributed by atoms with Gasteiger partial charge in [-0.05, 0) is 12.1 Å². The molecule has 1 aromatic heterocycles. The molecule has 11 heavy (non-hydrogen) atoms. The van der Waals surface area contributed by atoms with Crippen LogP contribution in [0.15, 0.2) is 18.3 Å². The van der Waals surface area contributed by atoms with Gasteiger partial charge in [-0.1, -0.05) is 0 Å². The lowest BCUT2D eigenvalue weighted by molar-refractivity contribution is 0.111. The van der Waals surface area contributed by atoms with Crippen molar-refractivity contribution in [3.63, 3.8) is 0 Å². The Bertz CT molecular complexity index is 277. The molecule has 0 atom stereocenters. The van der Waals surface area contributed by atoms with Crippen LogP contribution >= 0.6 is 0 Å². The Morgan fingerprint density at radius 2 is 2.45 bits per heavy atom. The molecule has 0 saturated heterocycles. The highest BCUT2D eigenvalue weighted by molar-refractivity contribution is 5.81. The molecule has 0 amide bonds. The highest BCUT2D eigenvalue weighted by Gasteiger charge is 2.06. The van der Waals surface area contributed by atoms with Gasteiger partial charge in [-0.3, -0.25) is 4.79 Å². The maximum Gasteiger partial charge on any atom is 0.418 e. The largest absolute Gasteiger partial charge is 0.452 e. The summed E-state index contributed by atoms with van der Waals surface area (Å²) in [5.41, 5.74) is 0.289. The summed E-state index contributed by atoms with van der Waals surface area (Å²) in [4.78, 5) is 21.1. The van der Waals surface area contributed by atoms with Crippen molar-refractivity contribution in [3.8, 4) is 0 Å². The van der Waals surface area contributed by atoms with Crippen molar-refractivity contribution >= 4 is 12.4 Å². The molecular formula is C7H7NO3. The Balaban J connectivity index is 3.01. The van der Waals surface area contributed by atoms with Crippen molar-refractivity contribution in [2.24, 2.45) is 0 Å². The maximum absolute atomic E-state index is 10.8. The third-order valence-corrected chi connectivity index (χ3v) is 1.27. The molecule has 0 radical (unpaired) electrons.